The molecule has 8 nitrogen and oxygen atoms in total. The van der Waals surface area contributed by atoms with Crippen molar-refractivity contribution in [1.29, 1.82) is 0 Å². The van der Waals surface area contributed by atoms with Gasteiger partial charge in [0.15, 0.2) is 0 Å². The lowest BCUT2D eigenvalue weighted by atomic mass is 10.0. The molecule has 0 unspecified atom stereocenters. The highest BCUT2D eigenvalue weighted by molar-refractivity contribution is 6.06. The second-order valence-electron chi connectivity index (χ2n) is 8.42. The summed E-state index contributed by atoms with van der Waals surface area (Å²) in [6.45, 7) is 5.70. The third kappa shape index (κ3) is 6.03. The highest BCUT2D eigenvalue weighted by atomic mass is 16.5. The van der Waals surface area contributed by atoms with Crippen LogP contribution in [-0.2, 0) is 4.74 Å². The van der Waals surface area contributed by atoms with Gasteiger partial charge >= 0.3 is 0 Å². The van der Waals surface area contributed by atoms with Crippen molar-refractivity contribution >= 4 is 17.5 Å². The van der Waals surface area contributed by atoms with Gasteiger partial charge in [-0.25, -0.2) is 0 Å². The fraction of sp³-hybridized carbons (Fsp3) is 0.440. The fourth-order valence-corrected chi connectivity index (χ4v) is 3.76. The van der Waals surface area contributed by atoms with E-state index in [2.05, 4.69) is 17.6 Å². The first-order chi connectivity index (χ1) is 15.8. The largest absolute Gasteiger partial charge is 0.496 e. The summed E-state index contributed by atoms with van der Waals surface area (Å²) in [6, 6.07) is 12.1. The van der Waals surface area contributed by atoms with E-state index in [0.717, 1.165) is 6.54 Å². The Bertz CT molecular complexity index is 980. The normalized spacial score (nSPS) is 21.8. The molecule has 8 heteroatoms. The smallest absolute Gasteiger partial charge is 0.259 e. The predicted molar refractivity (Wildman–Crippen MR) is 127 cm³/mol. The SMILES string of the molecule is COc1ccccc1C(=O)Nc1ccc2c(c1)OC[C@H](C)NC[C@@H](C)[C@@H](OC)CN(C)C2=O. The number of hydrogen-bond acceptors (Lipinski definition) is 6. The van der Waals surface area contributed by atoms with Crippen LogP contribution in [0.1, 0.15) is 34.6 Å². The van der Waals surface area contributed by atoms with Crippen molar-refractivity contribution in [3.8, 4) is 11.5 Å². The first kappa shape index (κ1) is 24.5. The van der Waals surface area contributed by atoms with Gasteiger partial charge < -0.3 is 29.7 Å². The first-order valence-corrected chi connectivity index (χ1v) is 11.1. The lowest BCUT2D eigenvalue weighted by molar-refractivity contribution is 0.0281. The quantitative estimate of drug-likeness (QED) is 0.737. The van der Waals surface area contributed by atoms with Crippen LogP contribution in [0.5, 0.6) is 11.5 Å². The van der Waals surface area contributed by atoms with Gasteiger partial charge in [-0.15, -0.1) is 0 Å². The summed E-state index contributed by atoms with van der Waals surface area (Å²) in [5.41, 5.74) is 1.38. The molecule has 178 valence electrons. The number of nitrogens with zero attached hydrogens (tertiary/aromatic N) is 1. The second kappa shape index (κ2) is 11.2. The second-order valence-corrected chi connectivity index (χ2v) is 8.42. The molecule has 3 rings (SSSR count). The van der Waals surface area contributed by atoms with Gasteiger partial charge in [0, 0.05) is 45.0 Å². The molecule has 0 aliphatic carbocycles. The predicted octanol–water partition coefficient (Wildman–Crippen LogP) is 3.04. The first-order valence-electron chi connectivity index (χ1n) is 11.1. The molecule has 0 saturated carbocycles. The van der Waals surface area contributed by atoms with Gasteiger partial charge in [-0.05, 0) is 37.1 Å². The zero-order valence-corrected chi connectivity index (χ0v) is 19.9. The molecule has 1 heterocycles. The Morgan fingerprint density at radius 2 is 1.94 bits per heavy atom. The molecule has 1 aliphatic heterocycles. The Morgan fingerprint density at radius 3 is 2.67 bits per heavy atom. The molecule has 0 saturated heterocycles. The lowest BCUT2D eigenvalue weighted by Crippen LogP contribution is -2.44. The molecule has 0 bridgehead atoms. The zero-order valence-electron chi connectivity index (χ0n) is 19.9. The maximum absolute atomic E-state index is 13.2. The van der Waals surface area contributed by atoms with E-state index in [1.165, 1.54) is 7.11 Å². The van der Waals surface area contributed by atoms with Gasteiger partial charge in [-0.1, -0.05) is 19.1 Å². The molecule has 1 aliphatic rings. The molecule has 3 atom stereocenters. The number of methoxy groups -OCH3 is 2. The molecule has 0 fully saturated rings. The molecule has 0 radical (unpaired) electrons. The maximum atomic E-state index is 13.2. The number of fused-ring (bicyclic) bond motifs is 1. The number of nitrogens with one attached hydrogen (secondary N) is 2. The number of likely N-dealkylation sites (N-methyl/N-ethyl adjacent to an activating group) is 1. The van der Waals surface area contributed by atoms with Crippen molar-refractivity contribution in [3.63, 3.8) is 0 Å². The van der Waals surface area contributed by atoms with Crippen LogP contribution >= 0.6 is 0 Å². The molecule has 2 amide bonds. The minimum absolute atomic E-state index is 0.0666. The minimum atomic E-state index is -0.309. The van der Waals surface area contributed by atoms with Crippen molar-refractivity contribution in [3.05, 3.63) is 53.6 Å². The van der Waals surface area contributed by atoms with Crippen LogP contribution in [0, 0.1) is 5.92 Å². The molecular weight excluding hydrogens is 422 g/mol. The van der Waals surface area contributed by atoms with Gasteiger partial charge in [0.05, 0.1) is 24.3 Å². The molecule has 2 aromatic rings. The van der Waals surface area contributed by atoms with Gasteiger partial charge in [0.1, 0.15) is 18.1 Å². The van der Waals surface area contributed by atoms with Crippen LogP contribution in [0.15, 0.2) is 42.5 Å². The van der Waals surface area contributed by atoms with E-state index in [-0.39, 0.29) is 29.9 Å². The molecule has 0 aromatic heterocycles. The Balaban J connectivity index is 1.88. The van der Waals surface area contributed by atoms with Gasteiger partial charge in [-0.3, -0.25) is 9.59 Å². The topological polar surface area (TPSA) is 89.1 Å². The summed E-state index contributed by atoms with van der Waals surface area (Å²) < 4.78 is 17.0. The summed E-state index contributed by atoms with van der Waals surface area (Å²) in [5, 5.41) is 6.33. The van der Waals surface area contributed by atoms with Gasteiger partial charge in [0.2, 0.25) is 0 Å². The minimum Gasteiger partial charge on any atom is -0.496 e. The Hall–Kier alpha value is -3.10. The molecule has 33 heavy (non-hydrogen) atoms. The monoisotopic (exact) mass is 455 g/mol. The molecule has 0 spiro atoms. The van der Waals surface area contributed by atoms with Crippen LogP contribution in [-0.4, -0.2) is 69.8 Å². The summed E-state index contributed by atoms with van der Waals surface area (Å²) in [6.07, 6.45) is -0.0955. The number of carbonyl (C=O) groups excluding carboxylic acids is 2. The van der Waals surface area contributed by atoms with Gasteiger partial charge in [0.25, 0.3) is 11.8 Å². The van der Waals surface area contributed by atoms with Crippen molar-refractivity contribution < 1.29 is 23.8 Å². The summed E-state index contributed by atoms with van der Waals surface area (Å²) in [4.78, 5) is 27.7. The molecule has 2 aromatic carbocycles. The number of amides is 2. The Morgan fingerprint density at radius 1 is 1.18 bits per heavy atom. The summed E-state index contributed by atoms with van der Waals surface area (Å²) in [7, 11) is 4.94. The number of anilines is 1. The van der Waals surface area contributed by atoms with E-state index < -0.39 is 0 Å². The van der Waals surface area contributed by atoms with Crippen molar-refractivity contribution in [2.75, 3.05) is 46.3 Å². The van der Waals surface area contributed by atoms with Crippen LogP contribution in [0.25, 0.3) is 0 Å². The average molecular weight is 456 g/mol. The Labute approximate surface area is 195 Å². The van der Waals surface area contributed by atoms with E-state index >= 15 is 0 Å². The van der Waals surface area contributed by atoms with E-state index in [0.29, 0.717) is 41.5 Å². The van der Waals surface area contributed by atoms with E-state index in [1.54, 1.807) is 61.5 Å². The van der Waals surface area contributed by atoms with E-state index in [9.17, 15) is 9.59 Å². The average Bonchev–Trinajstić information content (AvgIpc) is 2.83. The zero-order chi connectivity index (χ0) is 24.0. The highest BCUT2D eigenvalue weighted by Crippen LogP contribution is 2.27. The van der Waals surface area contributed by atoms with Crippen molar-refractivity contribution in [1.82, 2.24) is 10.2 Å². The third-order valence-corrected chi connectivity index (χ3v) is 5.84. The highest BCUT2D eigenvalue weighted by Gasteiger charge is 2.25. The number of rotatable bonds is 4. The molecular formula is C25H33N3O5. The Kier molecular flexibility index (Phi) is 8.30. The fourth-order valence-electron chi connectivity index (χ4n) is 3.76. The van der Waals surface area contributed by atoms with Crippen molar-refractivity contribution in [2.24, 2.45) is 5.92 Å². The number of ether oxygens (including phenoxy) is 3. The molecule has 2 N–H and O–H groups in total. The number of para-hydroxylation sites is 1. The van der Waals surface area contributed by atoms with Crippen molar-refractivity contribution in [2.45, 2.75) is 26.0 Å². The van der Waals surface area contributed by atoms with Crippen LogP contribution in [0.3, 0.4) is 0 Å². The van der Waals surface area contributed by atoms with Crippen LogP contribution < -0.4 is 20.1 Å². The lowest BCUT2D eigenvalue weighted by Gasteiger charge is -2.30. The third-order valence-electron chi connectivity index (χ3n) is 5.84. The standard InChI is InChI=1S/C25H33N3O5/c1-16-13-26-17(2)15-33-22-12-18(27-24(29)19-8-6-7-9-21(19)31-4)10-11-20(22)25(30)28(3)14-23(16)32-5/h6-12,16-17,23,26H,13-15H2,1-5H3,(H,27,29)/t16-,17+,23+/m1/s1. The van der Waals surface area contributed by atoms with Crippen LogP contribution in [0.2, 0.25) is 0 Å². The van der Waals surface area contributed by atoms with E-state index in [1.807, 2.05) is 6.92 Å². The van der Waals surface area contributed by atoms with E-state index in [4.69, 9.17) is 14.2 Å². The number of benzene rings is 2. The summed E-state index contributed by atoms with van der Waals surface area (Å²) >= 11 is 0. The van der Waals surface area contributed by atoms with Gasteiger partial charge in [-0.2, -0.15) is 0 Å². The van der Waals surface area contributed by atoms with Crippen LogP contribution in [0.4, 0.5) is 5.69 Å². The number of hydrogen-bond donors (Lipinski definition) is 2. The number of carbonyl (C=O) groups is 2. The summed E-state index contributed by atoms with van der Waals surface area (Å²) in [5.74, 6) is 0.648. The maximum Gasteiger partial charge on any atom is 0.259 e.